The lowest BCUT2D eigenvalue weighted by Gasteiger charge is -2.46. The Morgan fingerprint density at radius 1 is 0.935 bits per heavy atom. The van der Waals surface area contributed by atoms with Crippen molar-refractivity contribution in [3.8, 4) is 17.2 Å². The van der Waals surface area contributed by atoms with E-state index in [-0.39, 0.29) is 30.7 Å². The van der Waals surface area contributed by atoms with Gasteiger partial charge in [-0.05, 0) is 36.1 Å². The number of carbonyl (C=O) groups is 2. The number of nitrogens with zero attached hydrogens (tertiary/aromatic N) is 2. The highest BCUT2D eigenvalue weighted by Gasteiger charge is 2.36. The van der Waals surface area contributed by atoms with E-state index in [2.05, 4.69) is 12.1 Å². The summed E-state index contributed by atoms with van der Waals surface area (Å²) in [4.78, 5) is 28.8. The van der Waals surface area contributed by atoms with Gasteiger partial charge in [0.15, 0.2) is 11.5 Å². The summed E-state index contributed by atoms with van der Waals surface area (Å²) in [6, 6.07) is 13.7. The van der Waals surface area contributed by atoms with Gasteiger partial charge >= 0.3 is 0 Å². The summed E-state index contributed by atoms with van der Waals surface area (Å²) in [6.07, 6.45) is 1.31. The van der Waals surface area contributed by atoms with Crippen LogP contribution in [0.15, 0.2) is 42.5 Å². The second-order valence-corrected chi connectivity index (χ2v) is 8.08. The summed E-state index contributed by atoms with van der Waals surface area (Å²) in [5, 5.41) is 0. The molecule has 0 radical (unpaired) electrons. The number of fused-ring (bicyclic) bond motifs is 1. The van der Waals surface area contributed by atoms with E-state index in [1.54, 1.807) is 21.0 Å². The Kier molecular flexibility index (Phi) is 6.02. The molecule has 1 unspecified atom stereocenters. The van der Waals surface area contributed by atoms with Gasteiger partial charge in [0.05, 0.1) is 19.2 Å². The lowest BCUT2D eigenvalue weighted by molar-refractivity contribution is -0.144. The molecular formula is C24H28N2O5. The lowest BCUT2D eigenvalue weighted by atomic mass is 9.95. The number of hydrogen-bond acceptors (Lipinski definition) is 5. The Labute approximate surface area is 182 Å². The van der Waals surface area contributed by atoms with Crippen LogP contribution in [0.2, 0.25) is 0 Å². The van der Waals surface area contributed by atoms with Crippen molar-refractivity contribution < 1.29 is 23.8 Å². The van der Waals surface area contributed by atoms with Crippen molar-refractivity contribution >= 4 is 11.8 Å². The second kappa shape index (κ2) is 8.88. The van der Waals surface area contributed by atoms with Gasteiger partial charge in [0.25, 0.3) is 0 Å². The largest absolute Gasteiger partial charge is 0.493 e. The fourth-order valence-corrected chi connectivity index (χ4v) is 4.53. The number of methoxy groups -OCH3 is 1. The van der Waals surface area contributed by atoms with E-state index in [4.69, 9.17) is 14.2 Å². The van der Waals surface area contributed by atoms with Crippen LogP contribution < -0.4 is 14.2 Å². The molecule has 164 valence electrons. The van der Waals surface area contributed by atoms with Crippen LogP contribution in [-0.4, -0.2) is 60.7 Å². The summed E-state index contributed by atoms with van der Waals surface area (Å²) in [5.74, 6) is 1.90. The molecule has 2 aromatic carbocycles. The third-order valence-corrected chi connectivity index (χ3v) is 6.01. The molecule has 2 atom stereocenters. The van der Waals surface area contributed by atoms with Gasteiger partial charge in [0, 0.05) is 26.9 Å². The summed E-state index contributed by atoms with van der Waals surface area (Å²) in [7, 11) is 1.59. The predicted octanol–water partition coefficient (Wildman–Crippen LogP) is 2.66. The average molecular weight is 424 g/mol. The van der Waals surface area contributed by atoms with E-state index in [1.807, 2.05) is 40.1 Å². The standard InChI is InChI=1S/C24H28N2O5/c1-16(27)25-14-21(10-19-11-22(29-3)24-23(12-19)30-15-31-24)26(17(2)28)13-20(25)9-18-7-5-4-6-8-18/h4-8,11-12,20-21H,9-10,13-15H2,1-3H3/t20-,21?/m0/s1. The zero-order valence-corrected chi connectivity index (χ0v) is 18.2. The molecule has 2 amide bonds. The highest BCUT2D eigenvalue weighted by atomic mass is 16.7. The van der Waals surface area contributed by atoms with Crippen LogP contribution in [0.4, 0.5) is 0 Å². The first kappa shape index (κ1) is 21.0. The quantitative estimate of drug-likeness (QED) is 0.738. The van der Waals surface area contributed by atoms with E-state index in [0.29, 0.717) is 36.8 Å². The molecule has 7 heteroatoms. The molecule has 1 fully saturated rings. The minimum absolute atomic E-state index is 0.0129. The number of ether oxygens (including phenoxy) is 3. The van der Waals surface area contributed by atoms with Crippen molar-refractivity contribution in [1.29, 1.82) is 0 Å². The highest BCUT2D eigenvalue weighted by molar-refractivity contribution is 5.76. The smallest absolute Gasteiger partial charge is 0.231 e. The van der Waals surface area contributed by atoms with Gasteiger partial charge < -0.3 is 24.0 Å². The van der Waals surface area contributed by atoms with Crippen LogP contribution in [0.3, 0.4) is 0 Å². The molecule has 0 saturated carbocycles. The van der Waals surface area contributed by atoms with E-state index in [1.165, 1.54) is 0 Å². The molecule has 0 aromatic heterocycles. The van der Waals surface area contributed by atoms with Crippen molar-refractivity contribution in [2.45, 2.75) is 38.8 Å². The van der Waals surface area contributed by atoms with Gasteiger partial charge in [0.1, 0.15) is 0 Å². The Bertz CT molecular complexity index is 962. The van der Waals surface area contributed by atoms with Crippen molar-refractivity contribution in [2.75, 3.05) is 27.0 Å². The number of amides is 2. The van der Waals surface area contributed by atoms with Gasteiger partial charge in [0.2, 0.25) is 24.4 Å². The first-order chi connectivity index (χ1) is 15.0. The Morgan fingerprint density at radius 2 is 1.55 bits per heavy atom. The Morgan fingerprint density at radius 3 is 2.13 bits per heavy atom. The zero-order chi connectivity index (χ0) is 22.0. The molecule has 0 N–H and O–H groups in total. The number of carbonyl (C=O) groups excluding carboxylic acids is 2. The van der Waals surface area contributed by atoms with E-state index in [0.717, 1.165) is 17.5 Å². The maximum atomic E-state index is 12.5. The highest BCUT2D eigenvalue weighted by Crippen LogP contribution is 2.42. The zero-order valence-electron chi connectivity index (χ0n) is 18.2. The van der Waals surface area contributed by atoms with Crippen LogP contribution in [-0.2, 0) is 22.4 Å². The molecule has 4 rings (SSSR count). The molecule has 2 heterocycles. The normalized spacial score (nSPS) is 20.0. The summed E-state index contributed by atoms with van der Waals surface area (Å²) < 4.78 is 16.5. The minimum atomic E-state index is -0.126. The van der Waals surface area contributed by atoms with Crippen LogP contribution in [0, 0.1) is 0 Å². The van der Waals surface area contributed by atoms with Crippen molar-refractivity contribution in [3.05, 3.63) is 53.6 Å². The first-order valence-electron chi connectivity index (χ1n) is 10.5. The Hall–Kier alpha value is -3.22. The molecule has 2 aliphatic heterocycles. The lowest BCUT2D eigenvalue weighted by Crippen LogP contribution is -2.61. The molecule has 1 saturated heterocycles. The molecular weight excluding hydrogens is 396 g/mol. The molecule has 0 spiro atoms. The summed E-state index contributed by atoms with van der Waals surface area (Å²) in [6.45, 7) is 4.36. The number of piperazine rings is 1. The number of rotatable bonds is 5. The van der Waals surface area contributed by atoms with Crippen LogP contribution >= 0.6 is 0 Å². The molecule has 2 aliphatic rings. The molecule has 0 aliphatic carbocycles. The maximum absolute atomic E-state index is 12.5. The summed E-state index contributed by atoms with van der Waals surface area (Å²) in [5.41, 5.74) is 2.13. The third kappa shape index (κ3) is 4.45. The van der Waals surface area contributed by atoms with E-state index in [9.17, 15) is 9.59 Å². The van der Waals surface area contributed by atoms with Gasteiger partial charge in [-0.2, -0.15) is 0 Å². The van der Waals surface area contributed by atoms with Gasteiger partial charge in [-0.25, -0.2) is 0 Å². The van der Waals surface area contributed by atoms with E-state index >= 15 is 0 Å². The average Bonchev–Trinajstić information content (AvgIpc) is 3.23. The van der Waals surface area contributed by atoms with E-state index < -0.39 is 0 Å². The number of hydrogen-bond donors (Lipinski definition) is 0. The number of benzene rings is 2. The van der Waals surface area contributed by atoms with Crippen molar-refractivity contribution in [1.82, 2.24) is 9.80 Å². The fourth-order valence-electron chi connectivity index (χ4n) is 4.53. The van der Waals surface area contributed by atoms with Crippen LogP contribution in [0.1, 0.15) is 25.0 Å². The van der Waals surface area contributed by atoms with Crippen molar-refractivity contribution in [2.24, 2.45) is 0 Å². The van der Waals surface area contributed by atoms with Crippen molar-refractivity contribution in [3.63, 3.8) is 0 Å². The third-order valence-electron chi connectivity index (χ3n) is 6.01. The van der Waals surface area contributed by atoms with Gasteiger partial charge in [-0.15, -0.1) is 0 Å². The van der Waals surface area contributed by atoms with Crippen LogP contribution in [0.25, 0.3) is 0 Å². The SMILES string of the molecule is COc1cc(CC2CN(C(C)=O)[C@@H](Cc3ccccc3)CN2C(C)=O)cc2c1OCO2. The summed E-state index contributed by atoms with van der Waals surface area (Å²) >= 11 is 0. The molecule has 7 nitrogen and oxygen atoms in total. The van der Waals surface area contributed by atoms with Gasteiger partial charge in [-0.3, -0.25) is 9.59 Å². The Balaban J connectivity index is 1.58. The second-order valence-electron chi connectivity index (χ2n) is 8.08. The monoisotopic (exact) mass is 424 g/mol. The van der Waals surface area contributed by atoms with Gasteiger partial charge in [-0.1, -0.05) is 30.3 Å². The molecule has 31 heavy (non-hydrogen) atoms. The fraction of sp³-hybridized carbons (Fsp3) is 0.417. The molecule has 2 aromatic rings. The van der Waals surface area contributed by atoms with Crippen LogP contribution in [0.5, 0.6) is 17.2 Å². The predicted molar refractivity (Wildman–Crippen MR) is 115 cm³/mol. The first-order valence-corrected chi connectivity index (χ1v) is 10.5. The molecule has 0 bridgehead atoms. The maximum Gasteiger partial charge on any atom is 0.231 e. The topological polar surface area (TPSA) is 68.3 Å². The minimum Gasteiger partial charge on any atom is -0.493 e.